The maximum Gasteiger partial charge on any atom is 0.409 e. The minimum atomic E-state index is -0.554. The lowest BCUT2D eigenvalue weighted by molar-refractivity contribution is -0.143. The molecule has 10 heteroatoms. The second-order valence-corrected chi connectivity index (χ2v) is 15.2. The van der Waals surface area contributed by atoms with Crippen molar-refractivity contribution in [3.05, 3.63) is 0 Å². The first-order valence-corrected chi connectivity index (χ1v) is 22.7. The Morgan fingerprint density at radius 1 is 0.463 bits per heavy atom. The van der Waals surface area contributed by atoms with Gasteiger partial charge in [0.05, 0.1) is 46.2 Å². The van der Waals surface area contributed by atoms with Crippen LogP contribution in [-0.2, 0) is 23.7 Å². The first kappa shape index (κ1) is 52.5. The summed E-state index contributed by atoms with van der Waals surface area (Å²) in [5.41, 5.74) is 0. The van der Waals surface area contributed by atoms with Crippen LogP contribution in [0, 0.1) is 0 Å². The van der Waals surface area contributed by atoms with Crippen molar-refractivity contribution in [2.45, 2.75) is 194 Å². The van der Waals surface area contributed by atoms with Crippen molar-refractivity contribution in [1.29, 1.82) is 0 Å². The molecule has 54 heavy (non-hydrogen) atoms. The molecule has 0 aliphatic heterocycles. The molecule has 0 bridgehead atoms. The average molecular weight is 773 g/mol. The van der Waals surface area contributed by atoms with Crippen LogP contribution in [0.25, 0.3) is 0 Å². The van der Waals surface area contributed by atoms with Crippen LogP contribution < -0.4 is 0 Å². The lowest BCUT2D eigenvalue weighted by Crippen LogP contribution is -2.33. The van der Waals surface area contributed by atoms with E-state index in [-0.39, 0.29) is 25.3 Å². The highest BCUT2D eigenvalue weighted by Gasteiger charge is 2.14. The quantitative estimate of drug-likeness (QED) is 0.0461. The van der Waals surface area contributed by atoms with Gasteiger partial charge in [0.25, 0.3) is 0 Å². The Labute approximate surface area is 332 Å². The third-order valence-electron chi connectivity index (χ3n) is 10.1. The summed E-state index contributed by atoms with van der Waals surface area (Å²) in [6.07, 6.45) is 28.5. The van der Waals surface area contributed by atoms with Gasteiger partial charge in [0.15, 0.2) is 0 Å². The molecule has 2 N–H and O–H groups in total. The number of carbonyl (C=O) groups is 2. The Hall–Kier alpha value is -1.46. The smallest absolute Gasteiger partial charge is 0.409 e. The molecule has 0 rings (SSSR count). The SMILES string of the molecule is CCCCCCCCCC(=O)OCCCCCCN(CCCCCCOC(=O)N(CCCCCC)CCCCCCCC)CCOCCOC(CO)CO. The lowest BCUT2D eigenvalue weighted by Gasteiger charge is -2.23. The summed E-state index contributed by atoms with van der Waals surface area (Å²) in [6.45, 7) is 13.1. The predicted octanol–water partition coefficient (Wildman–Crippen LogP) is 9.86. The summed E-state index contributed by atoms with van der Waals surface area (Å²) in [7, 11) is 0. The van der Waals surface area contributed by atoms with E-state index in [4.69, 9.17) is 29.2 Å². The van der Waals surface area contributed by atoms with Crippen LogP contribution in [0.3, 0.4) is 0 Å². The number of esters is 1. The molecular formula is C44H88N2O8. The fraction of sp³-hybridized carbons (Fsp3) is 0.955. The number of aliphatic hydroxyl groups is 2. The van der Waals surface area contributed by atoms with Gasteiger partial charge < -0.3 is 39.0 Å². The van der Waals surface area contributed by atoms with E-state index in [1.54, 1.807) is 0 Å². The monoisotopic (exact) mass is 773 g/mol. The molecule has 0 aromatic carbocycles. The number of amides is 1. The normalized spacial score (nSPS) is 11.5. The molecule has 1 amide bonds. The van der Waals surface area contributed by atoms with Gasteiger partial charge in [0.2, 0.25) is 0 Å². The van der Waals surface area contributed by atoms with Gasteiger partial charge >= 0.3 is 12.1 Å². The van der Waals surface area contributed by atoms with Crippen LogP contribution in [0.2, 0.25) is 0 Å². The fourth-order valence-electron chi connectivity index (χ4n) is 6.49. The van der Waals surface area contributed by atoms with Crippen molar-refractivity contribution in [3.63, 3.8) is 0 Å². The van der Waals surface area contributed by atoms with Crippen molar-refractivity contribution >= 4 is 12.1 Å². The predicted molar refractivity (Wildman–Crippen MR) is 222 cm³/mol. The first-order valence-electron chi connectivity index (χ1n) is 22.7. The zero-order valence-electron chi connectivity index (χ0n) is 35.7. The number of nitrogens with zero attached hydrogens (tertiary/aromatic N) is 2. The molecule has 322 valence electrons. The van der Waals surface area contributed by atoms with E-state index in [0.29, 0.717) is 39.5 Å². The van der Waals surface area contributed by atoms with Gasteiger partial charge in [-0.1, -0.05) is 136 Å². The molecule has 0 aliphatic rings. The number of aliphatic hydroxyl groups excluding tert-OH is 2. The zero-order chi connectivity index (χ0) is 39.6. The standard InChI is InChI=1S/C44H88N2O8/c1-4-7-10-13-15-16-22-29-43(49)53-35-27-20-18-23-30-45(34-37-51-38-39-52-42(40-47)41-48)31-24-19-21-28-36-54-44(50)46(32-25-12-9-6-3)33-26-17-14-11-8-5-2/h42,47-48H,4-41H2,1-3H3. The Morgan fingerprint density at radius 2 is 0.907 bits per heavy atom. The molecule has 0 saturated heterocycles. The molecule has 0 radical (unpaired) electrons. The third-order valence-corrected chi connectivity index (χ3v) is 10.1. The minimum Gasteiger partial charge on any atom is -0.466 e. The molecule has 0 unspecified atom stereocenters. The van der Waals surface area contributed by atoms with E-state index in [0.717, 1.165) is 110 Å². The van der Waals surface area contributed by atoms with E-state index in [1.165, 1.54) is 83.5 Å². The maximum absolute atomic E-state index is 12.9. The molecule has 0 saturated carbocycles. The number of carbonyl (C=O) groups excluding carboxylic acids is 2. The van der Waals surface area contributed by atoms with Gasteiger partial charge in [-0.05, 0) is 58.0 Å². The third kappa shape index (κ3) is 36.2. The molecule has 0 fully saturated rings. The van der Waals surface area contributed by atoms with E-state index in [2.05, 4.69) is 25.7 Å². The van der Waals surface area contributed by atoms with Crippen LogP contribution in [-0.4, -0.2) is 117 Å². The number of hydrogen-bond donors (Lipinski definition) is 2. The van der Waals surface area contributed by atoms with E-state index in [9.17, 15) is 9.59 Å². The number of hydrogen-bond acceptors (Lipinski definition) is 9. The molecule has 0 aromatic heterocycles. The molecule has 0 spiro atoms. The highest BCUT2D eigenvalue weighted by Crippen LogP contribution is 2.12. The second-order valence-electron chi connectivity index (χ2n) is 15.2. The largest absolute Gasteiger partial charge is 0.466 e. The highest BCUT2D eigenvalue weighted by atomic mass is 16.6. The molecule has 0 aromatic rings. The second kappa shape index (κ2) is 42.7. The fourth-order valence-corrected chi connectivity index (χ4v) is 6.49. The number of unbranched alkanes of at least 4 members (excludes halogenated alkanes) is 20. The average Bonchev–Trinajstić information content (AvgIpc) is 3.18. The summed E-state index contributed by atoms with van der Waals surface area (Å²) in [5, 5.41) is 18.3. The summed E-state index contributed by atoms with van der Waals surface area (Å²) in [6, 6.07) is 0. The van der Waals surface area contributed by atoms with Gasteiger partial charge in [-0.3, -0.25) is 4.79 Å². The number of rotatable bonds is 43. The lowest BCUT2D eigenvalue weighted by atomic mass is 10.1. The van der Waals surface area contributed by atoms with Crippen molar-refractivity contribution in [2.75, 3.05) is 79.0 Å². The van der Waals surface area contributed by atoms with Gasteiger partial charge in [0, 0.05) is 26.1 Å². The van der Waals surface area contributed by atoms with Crippen molar-refractivity contribution in [3.8, 4) is 0 Å². The van der Waals surface area contributed by atoms with Crippen LogP contribution in [0.1, 0.15) is 188 Å². The van der Waals surface area contributed by atoms with Gasteiger partial charge in [0.1, 0.15) is 6.10 Å². The van der Waals surface area contributed by atoms with Crippen LogP contribution in [0.4, 0.5) is 4.79 Å². The Morgan fingerprint density at radius 3 is 1.44 bits per heavy atom. The van der Waals surface area contributed by atoms with Crippen LogP contribution in [0.5, 0.6) is 0 Å². The molecule has 0 heterocycles. The molecular weight excluding hydrogens is 684 g/mol. The molecule has 10 nitrogen and oxygen atoms in total. The zero-order valence-corrected chi connectivity index (χ0v) is 35.7. The Kier molecular flexibility index (Phi) is 41.5. The minimum absolute atomic E-state index is 0.0511. The van der Waals surface area contributed by atoms with E-state index in [1.807, 2.05) is 4.90 Å². The summed E-state index contributed by atoms with van der Waals surface area (Å²) < 4.78 is 22.4. The molecule has 0 atom stereocenters. The first-order chi connectivity index (χ1) is 26.5. The highest BCUT2D eigenvalue weighted by molar-refractivity contribution is 5.69. The van der Waals surface area contributed by atoms with Crippen LogP contribution in [0.15, 0.2) is 0 Å². The molecule has 0 aliphatic carbocycles. The van der Waals surface area contributed by atoms with Gasteiger partial charge in [-0.25, -0.2) is 4.79 Å². The summed E-state index contributed by atoms with van der Waals surface area (Å²) in [4.78, 5) is 29.4. The topological polar surface area (TPSA) is 118 Å². The van der Waals surface area contributed by atoms with Crippen molar-refractivity contribution < 1.29 is 38.7 Å². The Bertz CT molecular complexity index is 786. The van der Waals surface area contributed by atoms with Crippen molar-refractivity contribution in [2.24, 2.45) is 0 Å². The van der Waals surface area contributed by atoms with Crippen LogP contribution >= 0.6 is 0 Å². The summed E-state index contributed by atoms with van der Waals surface area (Å²) in [5.74, 6) is -0.0511. The summed E-state index contributed by atoms with van der Waals surface area (Å²) >= 11 is 0. The van der Waals surface area contributed by atoms with E-state index >= 15 is 0 Å². The van der Waals surface area contributed by atoms with Gasteiger partial charge in [-0.15, -0.1) is 0 Å². The maximum atomic E-state index is 12.9. The van der Waals surface area contributed by atoms with E-state index < -0.39 is 6.10 Å². The number of ether oxygens (including phenoxy) is 4. The van der Waals surface area contributed by atoms with Crippen molar-refractivity contribution in [1.82, 2.24) is 9.80 Å². The Balaban J connectivity index is 4.40. The van der Waals surface area contributed by atoms with Gasteiger partial charge in [-0.2, -0.15) is 0 Å².